The van der Waals surface area contributed by atoms with Crippen molar-refractivity contribution in [2.75, 3.05) is 33.4 Å². The fourth-order valence-corrected chi connectivity index (χ4v) is 3.71. The summed E-state index contributed by atoms with van der Waals surface area (Å²) in [6.45, 7) is 6.08. The van der Waals surface area contributed by atoms with E-state index in [0.29, 0.717) is 0 Å². The SMILES string of the molecule is CN=C(NCc1cnc(C)s1)N1CCOC(C2CCCO2)C1.I. The molecule has 0 spiro atoms. The average Bonchev–Trinajstić information content (AvgIpc) is 3.20. The first kappa shape index (κ1) is 18.9. The Balaban J connectivity index is 0.00000192. The van der Waals surface area contributed by atoms with E-state index in [-0.39, 0.29) is 36.2 Å². The van der Waals surface area contributed by atoms with Gasteiger partial charge in [-0.05, 0) is 19.8 Å². The van der Waals surface area contributed by atoms with Gasteiger partial charge in [0, 0.05) is 37.8 Å². The Morgan fingerprint density at radius 1 is 1.43 bits per heavy atom. The molecule has 2 atom stereocenters. The van der Waals surface area contributed by atoms with Crippen LogP contribution in [0.3, 0.4) is 0 Å². The zero-order valence-corrected chi connectivity index (χ0v) is 16.8. The Morgan fingerprint density at radius 2 is 2.26 bits per heavy atom. The van der Waals surface area contributed by atoms with Crippen molar-refractivity contribution in [3.63, 3.8) is 0 Å². The number of aliphatic imine (C=N–C) groups is 1. The lowest BCUT2D eigenvalue weighted by Gasteiger charge is -2.37. The zero-order chi connectivity index (χ0) is 15.4. The van der Waals surface area contributed by atoms with Gasteiger partial charge in [0.15, 0.2) is 5.96 Å². The molecule has 0 aromatic carbocycles. The van der Waals surface area contributed by atoms with E-state index in [1.165, 1.54) is 4.88 Å². The fourth-order valence-electron chi connectivity index (χ4n) is 2.97. The van der Waals surface area contributed by atoms with Crippen LogP contribution < -0.4 is 5.32 Å². The molecule has 0 aliphatic carbocycles. The van der Waals surface area contributed by atoms with E-state index >= 15 is 0 Å². The van der Waals surface area contributed by atoms with Gasteiger partial charge in [0.05, 0.1) is 24.3 Å². The number of rotatable bonds is 3. The summed E-state index contributed by atoms with van der Waals surface area (Å²) in [7, 11) is 1.83. The maximum Gasteiger partial charge on any atom is 0.194 e. The molecule has 2 fully saturated rings. The van der Waals surface area contributed by atoms with Crippen LogP contribution in [-0.4, -0.2) is 61.4 Å². The molecule has 0 saturated carbocycles. The molecule has 1 aromatic heterocycles. The van der Waals surface area contributed by atoms with Crippen LogP contribution in [0, 0.1) is 6.92 Å². The van der Waals surface area contributed by atoms with Crippen molar-refractivity contribution in [3.8, 4) is 0 Å². The number of nitrogens with zero attached hydrogens (tertiary/aromatic N) is 3. The molecule has 0 amide bonds. The minimum Gasteiger partial charge on any atom is -0.375 e. The van der Waals surface area contributed by atoms with E-state index < -0.39 is 0 Å². The van der Waals surface area contributed by atoms with Gasteiger partial charge in [0.1, 0.15) is 6.10 Å². The Morgan fingerprint density at radius 3 is 2.91 bits per heavy atom. The molecular weight excluding hydrogens is 427 g/mol. The molecule has 2 saturated heterocycles. The number of ether oxygens (including phenoxy) is 2. The Labute approximate surface area is 158 Å². The minimum absolute atomic E-state index is 0. The van der Waals surface area contributed by atoms with Gasteiger partial charge in [0.2, 0.25) is 0 Å². The summed E-state index contributed by atoms with van der Waals surface area (Å²) in [5.41, 5.74) is 0. The highest BCUT2D eigenvalue weighted by atomic mass is 127. The zero-order valence-electron chi connectivity index (χ0n) is 13.7. The van der Waals surface area contributed by atoms with Gasteiger partial charge in [-0.15, -0.1) is 35.3 Å². The molecule has 6 nitrogen and oxygen atoms in total. The summed E-state index contributed by atoms with van der Waals surface area (Å²) < 4.78 is 11.7. The molecule has 1 aromatic rings. The van der Waals surface area contributed by atoms with E-state index in [1.54, 1.807) is 11.3 Å². The number of guanidine groups is 1. The summed E-state index contributed by atoms with van der Waals surface area (Å²) in [4.78, 5) is 12.2. The van der Waals surface area contributed by atoms with Crippen molar-refractivity contribution in [1.82, 2.24) is 15.2 Å². The van der Waals surface area contributed by atoms with Gasteiger partial charge in [-0.2, -0.15) is 0 Å². The third-order valence-electron chi connectivity index (χ3n) is 4.07. The van der Waals surface area contributed by atoms with Crippen LogP contribution in [-0.2, 0) is 16.0 Å². The van der Waals surface area contributed by atoms with Crippen LogP contribution in [0.4, 0.5) is 0 Å². The largest absolute Gasteiger partial charge is 0.375 e. The molecule has 3 heterocycles. The molecule has 2 aliphatic heterocycles. The van der Waals surface area contributed by atoms with Crippen LogP contribution in [0.25, 0.3) is 0 Å². The van der Waals surface area contributed by atoms with Gasteiger partial charge in [-0.25, -0.2) is 4.98 Å². The molecule has 2 aliphatic rings. The number of aryl methyl sites for hydroxylation is 1. The van der Waals surface area contributed by atoms with Crippen LogP contribution in [0.5, 0.6) is 0 Å². The number of thiazole rings is 1. The van der Waals surface area contributed by atoms with E-state index in [9.17, 15) is 0 Å². The van der Waals surface area contributed by atoms with Crippen molar-refractivity contribution in [3.05, 3.63) is 16.1 Å². The smallest absolute Gasteiger partial charge is 0.194 e. The normalized spacial score (nSPS) is 25.3. The summed E-state index contributed by atoms with van der Waals surface area (Å²) in [6, 6.07) is 0. The summed E-state index contributed by atoms with van der Waals surface area (Å²) in [5.74, 6) is 0.928. The number of nitrogens with one attached hydrogen (secondary N) is 1. The van der Waals surface area contributed by atoms with Crippen molar-refractivity contribution < 1.29 is 9.47 Å². The predicted molar refractivity (Wildman–Crippen MR) is 103 cm³/mol. The number of hydrogen-bond donors (Lipinski definition) is 1. The van der Waals surface area contributed by atoms with Gasteiger partial charge >= 0.3 is 0 Å². The second kappa shape index (κ2) is 9.14. The van der Waals surface area contributed by atoms with E-state index in [0.717, 1.165) is 56.7 Å². The quantitative estimate of drug-likeness (QED) is 0.432. The standard InChI is InChI=1S/C15H24N4O2S.HI/c1-11-17-8-12(22-11)9-18-15(16-2)19-5-7-21-14(10-19)13-4-3-6-20-13;/h8,13-14H,3-7,9-10H2,1-2H3,(H,16,18);1H. The molecular formula is C15H25IN4O2S. The van der Waals surface area contributed by atoms with Crippen LogP contribution >= 0.6 is 35.3 Å². The molecule has 130 valence electrons. The van der Waals surface area contributed by atoms with Gasteiger partial charge in [-0.3, -0.25) is 4.99 Å². The van der Waals surface area contributed by atoms with Crippen LogP contribution in [0.1, 0.15) is 22.7 Å². The average molecular weight is 452 g/mol. The number of hydrogen-bond acceptors (Lipinski definition) is 5. The van der Waals surface area contributed by atoms with Crippen LogP contribution in [0.15, 0.2) is 11.2 Å². The maximum atomic E-state index is 5.90. The fraction of sp³-hybridized carbons (Fsp3) is 0.733. The van der Waals surface area contributed by atoms with E-state index in [4.69, 9.17) is 9.47 Å². The monoisotopic (exact) mass is 452 g/mol. The first-order valence-electron chi connectivity index (χ1n) is 7.86. The highest BCUT2D eigenvalue weighted by Gasteiger charge is 2.32. The summed E-state index contributed by atoms with van der Waals surface area (Å²) >= 11 is 1.72. The molecule has 23 heavy (non-hydrogen) atoms. The molecule has 1 N–H and O–H groups in total. The molecule has 0 bridgehead atoms. The first-order chi connectivity index (χ1) is 10.8. The third-order valence-corrected chi connectivity index (χ3v) is 4.99. The van der Waals surface area contributed by atoms with Crippen molar-refractivity contribution >= 4 is 41.3 Å². The summed E-state index contributed by atoms with van der Waals surface area (Å²) in [5, 5.41) is 4.52. The van der Waals surface area contributed by atoms with Crippen molar-refractivity contribution in [1.29, 1.82) is 0 Å². The molecule has 0 radical (unpaired) electrons. The first-order valence-corrected chi connectivity index (χ1v) is 8.68. The third kappa shape index (κ3) is 5.01. The second-order valence-corrected chi connectivity index (χ2v) is 6.97. The Hall–Kier alpha value is -0.450. The number of aromatic nitrogens is 1. The molecule has 8 heteroatoms. The van der Waals surface area contributed by atoms with E-state index in [2.05, 4.69) is 20.2 Å². The maximum absolute atomic E-state index is 5.90. The van der Waals surface area contributed by atoms with Crippen molar-refractivity contribution in [2.45, 2.75) is 38.5 Å². The van der Waals surface area contributed by atoms with E-state index in [1.807, 2.05) is 20.2 Å². The van der Waals surface area contributed by atoms with Gasteiger partial charge in [0.25, 0.3) is 0 Å². The van der Waals surface area contributed by atoms with Crippen molar-refractivity contribution in [2.24, 2.45) is 4.99 Å². The predicted octanol–water partition coefficient (Wildman–Crippen LogP) is 2.02. The lowest BCUT2D eigenvalue weighted by Crippen LogP contribution is -2.53. The minimum atomic E-state index is 0. The topological polar surface area (TPSA) is 59.0 Å². The number of morpholine rings is 1. The Bertz CT molecular complexity index is 519. The lowest BCUT2D eigenvalue weighted by atomic mass is 10.1. The van der Waals surface area contributed by atoms with Gasteiger partial charge < -0.3 is 19.7 Å². The van der Waals surface area contributed by atoms with Gasteiger partial charge in [-0.1, -0.05) is 0 Å². The lowest BCUT2D eigenvalue weighted by molar-refractivity contribution is -0.0817. The highest BCUT2D eigenvalue weighted by molar-refractivity contribution is 14.0. The van der Waals surface area contributed by atoms with Crippen LogP contribution in [0.2, 0.25) is 0 Å². The number of halogens is 1. The molecule has 2 unspecified atom stereocenters. The molecule has 3 rings (SSSR count). The second-order valence-electron chi connectivity index (χ2n) is 5.65. The Kier molecular flexibility index (Phi) is 7.51. The highest BCUT2D eigenvalue weighted by Crippen LogP contribution is 2.21. The summed E-state index contributed by atoms with van der Waals surface area (Å²) in [6.07, 6.45) is 4.56.